The normalized spacial score (nSPS) is 10.2. The lowest BCUT2D eigenvalue weighted by Gasteiger charge is -2.09. The van der Waals surface area contributed by atoms with Crippen LogP contribution in [0.1, 0.15) is 15.9 Å². The molecule has 0 atom stereocenters. The molecule has 1 heterocycles. The van der Waals surface area contributed by atoms with Crippen molar-refractivity contribution in [2.45, 2.75) is 6.42 Å². The second kappa shape index (κ2) is 5.86. The Bertz CT molecular complexity index is 610. The highest BCUT2D eigenvalue weighted by Gasteiger charge is 2.15. The molecule has 98 valence electrons. The molecule has 0 saturated carbocycles. The lowest BCUT2D eigenvalue weighted by atomic mass is 10.1. The fraction of sp³-hybridized carbons (Fsp3) is 0.0769. The summed E-state index contributed by atoms with van der Waals surface area (Å²) in [5.41, 5.74) is 0.995. The first-order valence-corrected chi connectivity index (χ1v) is 6.72. The van der Waals surface area contributed by atoms with E-state index in [-0.39, 0.29) is 28.6 Å². The van der Waals surface area contributed by atoms with E-state index >= 15 is 0 Å². The Hall–Kier alpha value is -1.85. The first kappa shape index (κ1) is 13.6. The number of rotatable bonds is 4. The largest absolute Gasteiger partial charge is 0.478 e. The van der Waals surface area contributed by atoms with Gasteiger partial charge in [-0.2, -0.15) is 11.3 Å². The predicted molar refractivity (Wildman–Crippen MR) is 75.1 cm³/mol. The van der Waals surface area contributed by atoms with E-state index in [1.54, 1.807) is 0 Å². The van der Waals surface area contributed by atoms with E-state index in [2.05, 4.69) is 5.32 Å². The Kier molecular flexibility index (Phi) is 4.19. The SMILES string of the molecule is O=C(Cc1ccsc1)Nc1c(Cl)cccc1C(=O)O. The fourth-order valence-corrected chi connectivity index (χ4v) is 2.48. The van der Waals surface area contributed by atoms with E-state index in [0.717, 1.165) is 5.56 Å². The summed E-state index contributed by atoms with van der Waals surface area (Å²) in [7, 11) is 0. The number of carbonyl (C=O) groups is 2. The summed E-state index contributed by atoms with van der Waals surface area (Å²) in [6, 6.07) is 6.30. The molecular formula is C13H10ClNO3S. The van der Waals surface area contributed by atoms with Crippen LogP contribution in [-0.2, 0) is 11.2 Å². The maximum absolute atomic E-state index is 11.8. The van der Waals surface area contributed by atoms with E-state index in [4.69, 9.17) is 16.7 Å². The minimum atomic E-state index is -1.13. The summed E-state index contributed by atoms with van der Waals surface area (Å²) in [6.45, 7) is 0. The molecule has 2 rings (SSSR count). The summed E-state index contributed by atoms with van der Waals surface area (Å²) in [4.78, 5) is 22.9. The molecule has 0 unspecified atom stereocenters. The number of carbonyl (C=O) groups excluding carboxylic acids is 1. The number of para-hydroxylation sites is 1. The lowest BCUT2D eigenvalue weighted by molar-refractivity contribution is -0.115. The highest BCUT2D eigenvalue weighted by Crippen LogP contribution is 2.26. The summed E-state index contributed by atoms with van der Waals surface area (Å²) in [5.74, 6) is -1.43. The monoisotopic (exact) mass is 295 g/mol. The van der Waals surface area contributed by atoms with E-state index in [1.165, 1.54) is 29.5 Å². The van der Waals surface area contributed by atoms with Crippen molar-refractivity contribution in [2.24, 2.45) is 0 Å². The van der Waals surface area contributed by atoms with Crippen LogP contribution < -0.4 is 5.32 Å². The van der Waals surface area contributed by atoms with Crippen molar-refractivity contribution in [3.8, 4) is 0 Å². The Morgan fingerprint density at radius 2 is 2.11 bits per heavy atom. The second-order valence-electron chi connectivity index (χ2n) is 3.82. The zero-order chi connectivity index (χ0) is 13.8. The number of aromatic carboxylic acids is 1. The van der Waals surface area contributed by atoms with E-state index in [1.807, 2.05) is 16.8 Å². The van der Waals surface area contributed by atoms with Crippen LogP contribution in [0.5, 0.6) is 0 Å². The summed E-state index contributed by atoms with van der Waals surface area (Å²) in [5, 5.41) is 15.6. The Morgan fingerprint density at radius 3 is 2.74 bits per heavy atom. The third kappa shape index (κ3) is 3.33. The Morgan fingerprint density at radius 1 is 1.32 bits per heavy atom. The summed E-state index contributed by atoms with van der Waals surface area (Å²) >= 11 is 7.42. The van der Waals surface area contributed by atoms with Crippen molar-refractivity contribution in [2.75, 3.05) is 5.32 Å². The molecule has 1 aromatic carbocycles. The van der Waals surface area contributed by atoms with Gasteiger partial charge in [-0.1, -0.05) is 17.7 Å². The molecule has 0 aliphatic carbocycles. The van der Waals surface area contributed by atoms with Gasteiger partial charge in [0.05, 0.1) is 22.7 Å². The van der Waals surface area contributed by atoms with Crippen LogP contribution in [0.4, 0.5) is 5.69 Å². The van der Waals surface area contributed by atoms with Gasteiger partial charge >= 0.3 is 5.97 Å². The van der Waals surface area contributed by atoms with Crippen LogP contribution in [0.25, 0.3) is 0 Å². The number of anilines is 1. The molecule has 0 aliphatic rings. The van der Waals surface area contributed by atoms with Gasteiger partial charge in [0, 0.05) is 0 Å². The van der Waals surface area contributed by atoms with Gasteiger partial charge in [0.1, 0.15) is 0 Å². The van der Waals surface area contributed by atoms with Crippen LogP contribution in [0.2, 0.25) is 5.02 Å². The number of benzene rings is 1. The predicted octanol–water partition coefficient (Wildman–Crippen LogP) is 3.28. The minimum absolute atomic E-state index is 0.0221. The maximum Gasteiger partial charge on any atom is 0.337 e. The van der Waals surface area contributed by atoms with Gasteiger partial charge in [-0.05, 0) is 34.5 Å². The molecule has 4 nitrogen and oxygen atoms in total. The van der Waals surface area contributed by atoms with Crippen LogP contribution in [-0.4, -0.2) is 17.0 Å². The van der Waals surface area contributed by atoms with Crippen molar-refractivity contribution in [3.05, 3.63) is 51.2 Å². The molecule has 0 radical (unpaired) electrons. The molecular weight excluding hydrogens is 286 g/mol. The summed E-state index contributed by atoms with van der Waals surface area (Å²) < 4.78 is 0. The van der Waals surface area contributed by atoms with Gasteiger partial charge in [0.2, 0.25) is 5.91 Å². The standard InChI is InChI=1S/C13H10ClNO3S/c14-10-3-1-2-9(13(17)18)12(10)15-11(16)6-8-4-5-19-7-8/h1-5,7H,6H2,(H,15,16)(H,17,18). The van der Waals surface area contributed by atoms with Crippen molar-refractivity contribution in [1.29, 1.82) is 0 Å². The number of thiophene rings is 1. The molecule has 2 N–H and O–H groups in total. The average Bonchev–Trinajstić information content (AvgIpc) is 2.84. The molecule has 1 aromatic heterocycles. The first-order chi connectivity index (χ1) is 9.08. The van der Waals surface area contributed by atoms with Crippen LogP contribution in [0.3, 0.4) is 0 Å². The molecule has 0 fully saturated rings. The molecule has 6 heteroatoms. The summed E-state index contributed by atoms with van der Waals surface area (Å²) in [6.07, 6.45) is 0.188. The Labute approximate surface area is 118 Å². The zero-order valence-corrected chi connectivity index (χ0v) is 11.3. The molecule has 0 spiro atoms. The fourth-order valence-electron chi connectivity index (χ4n) is 1.59. The molecule has 0 bridgehead atoms. The van der Waals surface area contributed by atoms with Gasteiger partial charge in [-0.15, -0.1) is 0 Å². The van der Waals surface area contributed by atoms with Crippen LogP contribution in [0.15, 0.2) is 35.0 Å². The van der Waals surface area contributed by atoms with Crippen LogP contribution >= 0.6 is 22.9 Å². The average molecular weight is 296 g/mol. The van der Waals surface area contributed by atoms with E-state index < -0.39 is 5.97 Å². The number of carboxylic acid groups (broad SMARTS) is 1. The van der Waals surface area contributed by atoms with Crippen molar-refractivity contribution < 1.29 is 14.7 Å². The lowest BCUT2D eigenvalue weighted by Crippen LogP contribution is -2.16. The number of halogens is 1. The number of amides is 1. The third-order valence-electron chi connectivity index (χ3n) is 2.45. The second-order valence-corrected chi connectivity index (χ2v) is 5.01. The first-order valence-electron chi connectivity index (χ1n) is 5.40. The van der Waals surface area contributed by atoms with Gasteiger partial charge in [-0.25, -0.2) is 4.79 Å². The molecule has 1 amide bonds. The maximum atomic E-state index is 11.8. The van der Waals surface area contributed by atoms with E-state index in [0.29, 0.717) is 0 Å². The van der Waals surface area contributed by atoms with Gasteiger partial charge in [-0.3, -0.25) is 4.79 Å². The number of hydrogen-bond donors (Lipinski definition) is 2. The van der Waals surface area contributed by atoms with Crippen molar-refractivity contribution in [3.63, 3.8) is 0 Å². The molecule has 19 heavy (non-hydrogen) atoms. The highest BCUT2D eigenvalue weighted by atomic mass is 35.5. The van der Waals surface area contributed by atoms with Crippen molar-refractivity contribution in [1.82, 2.24) is 0 Å². The van der Waals surface area contributed by atoms with Gasteiger partial charge in [0.15, 0.2) is 0 Å². The highest BCUT2D eigenvalue weighted by molar-refractivity contribution is 7.08. The minimum Gasteiger partial charge on any atom is -0.478 e. The van der Waals surface area contributed by atoms with Gasteiger partial charge < -0.3 is 10.4 Å². The smallest absolute Gasteiger partial charge is 0.337 e. The van der Waals surface area contributed by atoms with Crippen LogP contribution in [0, 0.1) is 0 Å². The van der Waals surface area contributed by atoms with E-state index in [9.17, 15) is 9.59 Å². The quantitative estimate of drug-likeness (QED) is 0.909. The van der Waals surface area contributed by atoms with Crippen molar-refractivity contribution >= 4 is 40.5 Å². The molecule has 2 aromatic rings. The molecule has 0 saturated heterocycles. The number of nitrogens with one attached hydrogen (secondary N) is 1. The van der Waals surface area contributed by atoms with Gasteiger partial charge in [0.25, 0.3) is 0 Å². The third-order valence-corrected chi connectivity index (χ3v) is 3.50. The Balaban J connectivity index is 2.19. The number of carboxylic acids is 1. The zero-order valence-electron chi connectivity index (χ0n) is 9.72. The topological polar surface area (TPSA) is 66.4 Å². The molecule has 0 aliphatic heterocycles. The number of hydrogen-bond acceptors (Lipinski definition) is 3.